The highest BCUT2D eigenvalue weighted by atomic mass is 32.1. The van der Waals surface area contributed by atoms with Crippen molar-refractivity contribution in [3.8, 4) is 10.4 Å². The number of aliphatic hydroxyl groups is 1. The van der Waals surface area contributed by atoms with Gasteiger partial charge in [0.15, 0.2) is 5.01 Å². The first-order valence-corrected chi connectivity index (χ1v) is 13.0. The molecule has 0 aliphatic carbocycles. The fraction of sp³-hybridized carbons (Fsp3) is 0.583. The molecule has 2 saturated heterocycles. The largest absolute Gasteiger partial charge is 0.417 e. The Kier molecular flexibility index (Phi) is 7.62. The predicted octanol–water partition coefficient (Wildman–Crippen LogP) is 4.85. The molecule has 2 aromatic heterocycles. The number of nitrogens with zero attached hydrogens (tertiary/aromatic N) is 3. The summed E-state index contributed by atoms with van der Waals surface area (Å²) in [6.45, 7) is 3.43. The average molecular weight is 580 g/mol. The van der Waals surface area contributed by atoms with E-state index < -0.39 is 52.8 Å². The zero-order valence-electron chi connectivity index (χ0n) is 21.2. The van der Waals surface area contributed by atoms with E-state index in [1.807, 2.05) is 5.32 Å². The molecule has 2 aliphatic heterocycles. The van der Waals surface area contributed by atoms with Crippen molar-refractivity contribution in [1.82, 2.24) is 20.2 Å². The number of anilines is 1. The number of halogens is 6. The number of nitrogens with one attached hydrogen (secondary N) is 2. The number of hydrogen-bond acceptors (Lipinski definition) is 7. The highest BCUT2D eigenvalue weighted by molar-refractivity contribution is 7.17. The maximum absolute atomic E-state index is 14.2. The minimum absolute atomic E-state index is 0.0832. The Morgan fingerprint density at radius 3 is 2.23 bits per heavy atom. The van der Waals surface area contributed by atoms with Crippen LogP contribution in [0.5, 0.6) is 0 Å². The summed E-state index contributed by atoms with van der Waals surface area (Å²) in [6.07, 6.45) is -6.02. The van der Waals surface area contributed by atoms with Crippen LogP contribution in [0.1, 0.15) is 72.3 Å². The van der Waals surface area contributed by atoms with Gasteiger partial charge in [-0.25, -0.2) is 9.97 Å². The molecule has 2 aromatic rings. The van der Waals surface area contributed by atoms with Crippen LogP contribution < -0.4 is 10.6 Å². The van der Waals surface area contributed by atoms with Crippen molar-refractivity contribution in [3.05, 3.63) is 28.5 Å². The van der Waals surface area contributed by atoms with Gasteiger partial charge < -0.3 is 20.6 Å². The summed E-state index contributed by atoms with van der Waals surface area (Å²) in [7, 11) is 0. The zero-order chi connectivity index (χ0) is 28.9. The summed E-state index contributed by atoms with van der Waals surface area (Å²) in [4.78, 5) is 35.6. The van der Waals surface area contributed by atoms with Crippen LogP contribution >= 0.6 is 11.3 Å². The first kappa shape index (κ1) is 29.1. The maximum Gasteiger partial charge on any atom is 0.417 e. The Labute approximate surface area is 223 Å². The number of rotatable bonds is 7. The number of carbonyl (C=O) groups excluding carboxylic acids is 2. The first-order chi connectivity index (χ1) is 18.0. The molecule has 0 aromatic carbocycles. The molecule has 1 atom stereocenters. The number of aromatic nitrogens is 2. The Balaban J connectivity index is 1.79. The minimum atomic E-state index is -5.03. The summed E-state index contributed by atoms with van der Waals surface area (Å²) < 4.78 is 81.4. The molecule has 4 rings (SSSR count). The Morgan fingerprint density at radius 1 is 1.13 bits per heavy atom. The number of hydrogen-bond donors (Lipinski definition) is 3. The third-order valence-electron chi connectivity index (χ3n) is 6.70. The Bertz CT molecular complexity index is 1240. The van der Waals surface area contributed by atoms with Crippen LogP contribution in [-0.2, 0) is 6.18 Å². The molecule has 39 heavy (non-hydrogen) atoms. The molecule has 0 saturated carbocycles. The molecule has 2 bridgehead atoms. The third kappa shape index (κ3) is 6.29. The van der Waals surface area contributed by atoms with Crippen LogP contribution in [0.25, 0.3) is 10.4 Å². The smallest absolute Gasteiger partial charge is 0.389 e. The first-order valence-electron chi connectivity index (χ1n) is 12.2. The molecule has 8 nitrogen and oxygen atoms in total. The van der Waals surface area contributed by atoms with Crippen LogP contribution in [0, 0.1) is 0 Å². The minimum Gasteiger partial charge on any atom is -0.389 e. The third-order valence-corrected chi connectivity index (χ3v) is 7.79. The van der Waals surface area contributed by atoms with Gasteiger partial charge in [0.1, 0.15) is 17.6 Å². The van der Waals surface area contributed by atoms with Gasteiger partial charge in [0.25, 0.3) is 11.8 Å². The maximum atomic E-state index is 14.2. The van der Waals surface area contributed by atoms with E-state index in [-0.39, 0.29) is 34.2 Å². The second-order valence-corrected chi connectivity index (χ2v) is 11.4. The molecular formula is C24H27F6N5O3S. The van der Waals surface area contributed by atoms with Crippen LogP contribution in [0.4, 0.5) is 32.2 Å². The summed E-state index contributed by atoms with van der Waals surface area (Å²) in [5.41, 5.74) is -3.56. The Hall–Kier alpha value is -2.94. The van der Waals surface area contributed by atoms with Gasteiger partial charge in [0.2, 0.25) is 0 Å². The van der Waals surface area contributed by atoms with Crippen molar-refractivity contribution < 1.29 is 41.0 Å². The van der Waals surface area contributed by atoms with Crippen molar-refractivity contribution in [2.24, 2.45) is 0 Å². The topological polar surface area (TPSA) is 107 Å². The van der Waals surface area contributed by atoms with Gasteiger partial charge in [-0.15, -0.1) is 11.3 Å². The van der Waals surface area contributed by atoms with Gasteiger partial charge in [0, 0.05) is 30.4 Å². The van der Waals surface area contributed by atoms with Crippen molar-refractivity contribution in [3.63, 3.8) is 0 Å². The van der Waals surface area contributed by atoms with Crippen LogP contribution in [-0.4, -0.2) is 68.2 Å². The molecule has 2 amide bonds. The Morgan fingerprint density at radius 2 is 1.72 bits per heavy atom. The van der Waals surface area contributed by atoms with Crippen LogP contribution in [0.2, 0.25) is 0 Å². The molecule has 2 aliphatic rings. The van der Waals surface area contributed by atoms with Gasteiger partial charge in [0.05, 0.1) is 16.0 Å². The van der Waals surface area contributed by atoms with Gasteiger partial charge >= 0.3 is 12.4 Å². The van der Waals surface area contributed by atoms with Crippen LogP contribution in [0.3, 0.4) is 0 Å². The van der Waals surface area contributed by atoms with Crippen molar-refractivity contribution in [2.45, 2.75) is 82.5 Å². The SMILES string of the molecule is C[C@H](Nc1cc(C(F)(F)F)c(-c2sc(C(=O)NCC(C)(C)O)nc2C(=O)N2C3CCC2CC3)cn1)C(F)(F)F. The van der Waals surface area contributed by atoms with Gasteiger partial charge in [-0.3, -0.25) is 9.59 Å². The van der Waals surface area contributed by atoms with Crippen molar-refractivity contribution >= 4 is 29.0 Å². The van der Waals surface area contributed by atoms with Gasteiger partial charge in [-0.05, 0) is 52.5 Å². The summed E-state index contributed by atoms with van der Waals surface area (Å²) in [5, 5.41) is 14.0. The van der Waals surface area contributed by atoms with Gasteiger partial charge in [-0.2, -0.15) is 26.3 Å². The molecule has 15 heteroatoms. The lowest BCUT2D eigenvalue weighted by Crippen LogP contribution is -2.38. The lowest BCUT2D eigenvalue weighted by Gasteiger charge is -2.22. The number of amides is 2. The van der Waals surface area contributed by atoms with Crippen LogP contribution in [0.15, 0.2) is 12.3 Å². The number of fused-ring (bicyclic) bond motifs is 2. The highest BCUT2D eigenvalue weighted by Gasteiger charge is 2.45. The fourth-order valence-corrected chi connectivity index (χ4v) is 5.73. The van der Waals surface area contributed by atoms with E-state index in [4.69, 9.17) is 0 Å². The molecule has 0 unspecified atom stereocenters. The fourth-order valence-electron chi connectivity index (χ4n) is 4.74. The molecule has 2 fully saturated rings. The summed E-state index contributed by atoms with van der Waals surface area (Å²) >= 11 is 0.543. The second-order valence-electron chi connectivity index (χ2n) is 10.4. The summed E-state index contributed by atoms with van der Waals surface area (Å²) in [6, 6.07) is -1.89. The lowest BCUT2D eigenvalue weighted by atomic mass is 10.0. The van der Waals surface area contributed by atoms with E-state index >= 15 is 0 Å². The zero-order valence-corrected chi connectivity index (χ0v) is 22.0. The quantitative estimate of drug-likeness (QED) is 0.405. The van der Waals surface area contributed by atoms with Gasteiger partial charge in [-0.1, -0.05) is 0 Å². The number of thiazole rings is 1. The molecule has 0 radical (unpaired) electrons. The normalized spacial score (nSPS) is 20.3. The highest BCUT2D eigenvalue weighted by Crippen LogP contribution is 2.44. The van der Waals surface area contributed by atoms with Crippen molar-refractivity contribution in [2.75, 3.05) is 11.9 Å². The van der Waals surface area contributed by atoms with E-state index in [9.17, 15) is 41.0 Å². The average Bonchev–Trinajstić information content (AvgIpc) is 3.55. The number of alkyl halides is 6. The molecule has 214 valence electrons. The van der Waals surface area contributed by atoms with E-state index in [0.29, 0.717) is 17.4 Å². The number of carbonyl (C=O) groups is 2. The van der Waals surface area contributed by atoms with E-state index in [2.05, 4.69) is 15.3 Å². The van der Waals surface area contributed by atoms with E-state index in [1.165, 1.54) is 13.8 Å². The van der Waals surface area contributed by atoms with E-state index in [1.54, 1.807) is 4.90 Å². The predicted molar refractivity (Wildman–Crippen MR) is 130 cm³/mol. The standard InChI is InChI=1S/C24H27F6N5O3S/c1-11(23(25,26)27)33-16-8-15(24(28,29)30)14(9-31-16)18-17(21(37)35-12-4-5-13(35)7-6-12)34-20(39-18)19(36)32-10-22(2,3)38/h8-9,11-13,38H,4-7,10H2,1-3H3,(H,31,33)(H,32,36)/t11-,12?,13?/m0/s1. The van der Waals surface area contributed by atoms with E-state index in [0.717, 1.165) is 38.8 Å². The molecule has 4 heterocycles. The lowest BCUT2D eigenvalue weighted by molar-refractivity contribution is -0.138. The monoisotopic (exact) mass is 579 g/mol. The molecule has 0 spiro atoms. The second kappa shape index (κ2) is 10.2. The summed E-state index contributed by atoms with van der Waals surface area (Å²) in [5.74, 6) is -2.08. The molecular weight excluding hydrogens is 552 g/mol. The molecule has 3 N–H and O–H groups in total. The number of pyridine rings is 1. The van der Waals surface area contributed by atoms with Crippen molar-refractivity contribution in [1.29, 1.82) is 0 Å².